The van der Waals surface area contributed by atoms with Crippen LogP contribution in [-0.2, 0) is 6.54 Å². The molecule has 0 bridgehead atoms. The zero-order valence-corrected chi connectivity index (χ0v) is 11.3. The van der Waals surface area contributed by atoms with Gasteiger partial charge in [-0.3, -0.25) is 0 Å². The Balaban J connectivity index is 2.59. The third-order valence-electron chi connectivity index (χ3n) is 2.97. The number of aryl methyl sites for hydroxylation is 2. The number of aromatic nitrogens is 2. The SMILES string of the molecule is CNCc1[nH]cnc1-c1c(C)cc(C)cc1OC. The fourth-order valence-corrected chi connectivity index (χ4v) is 2.24. The lowest BCUT2D eigenvalue weighted by molar-refractivity contribution is 0.415. The molecule has 4 heteroatoms. The summed E-state index contributed by atoms with van der Waals surface area (Å²) in [5, 5.41) is 3.14. The maximum atomic E-state index is 5.49. The van der Waals surface area contributed by atoms with Crippen molar-refractivity contribution in [2.75, 3.05) is 14.2 Å². The molecule has 2 N–H and O–H groups in total. The molecular weight excluding hydrogens is 226 g/mol. The molecule has 1 heterocycles. The van der Waals surface area contributed by atoms with E-state index >= 15 is 0 Å². The molecule has 0 unspecified atom stereocenters. The summed E-state index contributed by atoms with van der Waals surface area (Å²) in [5.41, 5.74) is 5.46. The van der Waals surface area contributed by atoms with Crippen LogP contribution < -0.4 is 10.1 Å². The van der Waals surface area contributed by atoms with E-state index in [1.165, 1.54) is 11.1 Å². The molecule has 0 saturated carbocycles. The maximum absolute atomic E-state index is 5.49. The number of imidazole rings is 1. The second-order valence-corrected chi connectivity index (χ2v) is 4.42. The van der Waals surface area contributed by atoms with Crippen LogP contribution in [0.25, 0.3) is 11.3 Å². The molecule has 1 aromatic heterocycles. The average Bonchev–Trinajstić information content (AvgIpc) is 2.76. The molecule has 0 radical (unpaired) electrons. The van der Waals surface area contributed by atoms with Crippen molar-refractivity contribution in [1.82, 2.24) is 15.3 Å². The Labute approximate surface area is 107 Å². The molecule has 4 nitrogen and oxygen atoms in total. The maximum Gasteiger partial charge on any atom is 0.128 e. The van der Waals surface area contributed by atoms with Gasteiger partial charge < -0.3 is 15.0 Å². The number of benzene rings is 1. The highest BCUT2D eigenvalue weighted by molar-refractivity contribution is 5.73. The van der Waals surface area contributed by atoms with Gasteiger partial charge in [-0.05, 0) is 38.1 Å². The molecule has 0 aliphatic heterocycles. The van der Waals surface area contributed by atoms with E-state index in [0.29, 0.717) is 0 Å². The number of aromatic amines is 1. The average molecular weight is 245 g/mol. The van der Waals surface area contributed by atoms with Crippen LogP contribution in [0.2, 0.25) is 0 Å². The van der Waals surface area contributed by atoms with Gasteiger partial charge in [0.15, 0.2) is 0 Å². The van der Waals surface area contributed by atoms with Gasteiger partial charge in [0, 0.05) is 12.1 Å². The Morgan fingerprint density at radius 2 is 2.11 bits per heavy atom. The van der Waals surface area contributed by atoms with Crippen molar-refractivity contribution < 1.29 is 4.74 Å². The lowest BCUT2D eigenvalue weighted by Gasteiger charge is -2.12. The normalized spacial score (nSPS) is 10.7. The molecule has 0 saturated heterocycles. The molecule has 1 aromatic carbocycles. The van der Waals surface area contributed by atoms with Gasteiger partial charge in [0.1, 0.15) is 5.75 Å². The summed E-state index contributed by atoms with van der Waals surface area (Å²) in [6, 6.07) is 4.19. The number of methoxy groups -OCH3 is 1. The van der Waals surface area contributed by atoms with Crippen molar-refractivity contribution in [2.45, 2.75) is 20.4 Å². The van der Waals surface area contributed by atoms with Crippen molar-refractivity contribution in [3.05, 3.63) is 35.3 Å². The van der Waals surface area contributed by atoms with Crippen LogP contribution in [-0.4, -0.2) is 24.1 Å². The molecule has 0 atom stereocenters. The first kappa shape index (κ1) is 12.6. The number of H-pyrrole nitrogens is 1. The molecule has 0 fully saturated rings. The van der Waals surface area contributed by atoms with E-state index in [4.69, 9.17) is 4.74 Å². The first-order chi connectivity index (χ1) is 8.67. The molecular formula is C14H19N3O. The lowest BCUT2D eigenvalue weighted by atomic mass is 10.0. The van der Waals surface area contributed by atoms with Crippen LogP contribution in [0.5, 0.6) is 5.75 Å². The van der Waals surface area contributed by atoms with Gasteiger partial charge in [0.2, 0.25) is 0 Å². The summed E-state index contributed by atoms with van der Waals surface area (Å²) in [7, 11) is 3.62. The molecule has 96 valence electrons. The minimum absolute atomic E-state index is 0.756. The molecule has 2 rings (SSSR count). The van der Waals surface area contributed by atoms with Crippen LogP contribution >= 0.6 is 0 Å². The third-order valence-corrected chi connectivity index (χ3v) is 2.97. The highest BCUT2D eigenvalue weighted by atomic mass is 16.5. The van der Waals surface area contributed by atoms with Gasteiger partial charge in [-0.15, -0.1) is 0 Å². The highest BCUT2D eigenvalue weighted by Crippen LogP contribution is 2.34. The number of nitrogens with one attached hydrogen (secondary N) is 2. The summed E-state index contributed by atoms with van der Waals surface area (Å²) < 4.78 is 5.49. The Hall–Kier alpha value is -1.81. The van der Waals surface area contributed by atoms with Gasteiger partial charge in [-0.25, -0.2) is 4.98 Å². The smallest absolute Gasteiger partial charge is 0.128 e. The first-order valence-electron chi connectivity index (χ1n) is 5.99. The van der Waals surface area contributed by atoms with E-state index < -0.39 is 0 Å². The summed E-state index contributed by atoms with van der Waals surface area (Å²) in [6.45, 7) is 4.91. The molecule has 0 aliphatic rings. The van der Waals surface area contributed by atoms with Crippen LogP contribution in [0.4, 0.5) is 0 Å². The number of hydrogen-bond donors (Lipinski definition) is 2. The number of rotatable bonds is 4. The molecule has 2 aromatic rings. The van der Waals surface area contributed by atoms with Gasteiger partial charge in [0.05, 0.1) is 24.8 Å². The van der Waals surface area contributed by atoms with E-state index in [0.717, 1.165) is 29.2 Å². The second kappa shape index (κ2) is 5.23. The van der Waals surface area contributed by atoms with E-state index in [9.17, 15) is 0 Å². The van der Waals surface area contributed by atoms with Crippen LogP contribution in [0.3, 0.4) is 0 Å². The molecule has 0 aliphatic carbocycles. The summed E-state index contributed by atoms with van der Waals surface area (Å²) in [4.78, 5) is 7.60. The molecule has 18 heavy (non-hydrogen) atoms. The highest BCUT2D eigenvalue weighted by Gasteiger charge is 2.15. The van der Waals surface area contributed by atoms with Crippen LogP contribution in [0.1, 0.15) is 16.8 Å². The largest absolute Gasteiger partial charge is 0.496 e. The van der Waals surface area contributed by atoms with Crippen molar-refractivity contribution in [3.8, 4) is 17.0 Å². The Bertz CT molecular complexity index is 546. The predicted molar refractivity (Wildman–Crippen MR) is 72.8 cm³/mol. The van der Waals surface area contributed by atoms with E-state index in [-0.39, 0.29) is 0 Å². The third kappa shape index (κ3) is 2.24. The first-order valence-corrected chi connectivity index (χ1v) is 5.99. The van der Waals surface area contributed by atoms with Gasteiger partial charge >= 0.3 is 0 Å². The second-order valence-electron chi connectivity index (χ2n) is 4.42. The van der Waals surface area contributed by atoms with Crippen molar-refractivity contribution in [2.24, 2.45) is 0 Å². The summed E-state index contributed by atoms with van der Waals surface area (Å²) in [6.07, 6.45) is 1.72. The van der Waals surface area contributed by atoms with E-state index in [2.05, 4.69) is 35.2 Å². The lowest BCUT2D eigenvalue weighted by Crippen LogP contribution is -2.07. The standard InChI is InChI=1S/C14H19N3O/c1-9-5-10(2)13(12(6-9)18-4)14-11(7-15-3)16-8-17-14/h5-6,8,15H,7H2,1-4H3,(H,16,17). The van der Waals surface area contributed by atoms with Gasteiger partial charge in [-0.1, -0.05) is 6.07 Å². The monoisotopic (exact) mass is 245 g/mol. The zero-order valence-electron chi connectivity index (χ0n) is 11.3. The Kier molecular flexibility index (Phi) is 3.67. The van der Waals surface area contributed by atoms with Gasteiger partial charge in [-0.2, -0.15) is 0 Å². The van der Waals surface area contributed by atoms with Crippen LogP contribution in [0, 0.1) is 13.8 Å². The van der Waals surface area contributed by atoms with E-state index in [1.54, 1.807) is 13.4 Å². The minimum atomic E-state index is 0.756. The van der Waals surface area contributed by atoms with E-state index in [1.807, 2.05) is 13.1 Å². The summed E-state index contributed by atoms with van der Waals surface area (Å²) in [5.74, 6) is 0.872. The Morgan fingerprint density at radius 3 is 2.78 bits per heavy atom. The van der Waals surface area contributed by atoms with Crippen molar-refractivity contribution >= 4 is 0 Å². The van der Waals surface area contributed by atoms with Crippen LogP contribution in [0.15, 0.2) is 18.5 Å². The number of nitrogens with zero attached hydrogens (tertiary/aromatic N) is 1. The number of hydrogen-bond acceptors (Lipinski definition) is 3. The fraction of sp³-hybridized carbons (Fsp3) is 0.357. The Morgan fingerprint density at radius 1 is 1.33 bits per heavy atom. The molecule has 0 amide bonds. The number of ether oxygens (including phenoxy) is 1. The topological polar surface area (TPSA) is 49.9 Å². The van der Waals surface area contributed by atoms with Crippen molar-refractivity contribution in [3.63, 3.8) is 0 Å². The fourth-order valence-electron chi connectivity index (χ4n) is 2.24. The zero-order chi connectivity index (χ0) is 13.1. The van der Waals surface area contributed by atoms with Gasteiger partial charge in [0.25, 0.3) is 0 Å². The quantitative estimate of drug-likeness (QED) is 0.869. The van der Waals surface area contributed by atoms with Crippen molar-refractivity contribution in [1.29, 1.82) is 0 Å². The summed E-state index contributed by atoms with van der Waals surface area (Å²) >= 11 is 0. The molecule has 0 spiro atoms. The minimum Gasteiger partial charge on any atom is -0.496 e. The predicted octanol–water partition coefficient (Wildman–Crippen LogP) is 2.42.